The highest BCUT2D eigenvalue weighted by atomic mass is 79.9. The van der Waals surface area contributed by atoms with Crippen molar-refractivity contribution in [3.8, 4) is 5.69 Å². The fraction of sp³-hybridized carbons (Fsp3) is 0.308. The van der Waals surface area contributed by atoms with Gasteiger partial charge in [-0.05, 0) is 34.1 Å². The summed E-state index contributed by atoms with van der Waals surface area (Å²) in [5.74, 6) is -0.380. The number of nitrogens with zero attached hydrogens (tertiary/aromatic N) is 2. The van der Waals surface area contributed by atoms with E-state index in [-0.39, 0.29) is 5.82 Å². The molecule has 0 radical (unpaired) electrons. The zero-order valence-electron chi connectivity index (χ0n) is 10.6. The monoisotopic (exact) mass is 345 g/mol. The largest absolute Gasteiger partial charge is 0.309 e. The minimum atomic E-state index is -0.380. The van der Waals surface area contributed by atoms with Crippen LogP contribution < -0.4 is 5.32 Å². The Morgan fingerprint density at radius 1 is 1.47 bits per heavy atom. The summed E-state index contributed by atoms with van der Waals surface area (Å²) in [6, 6.07) is 4.94. The third kappa shape index (κ3) is 3.55. The van der Waals surface area contributed by atoms with E-state index in [0.717, 1.165) is 5.69 Å². The summed E-state index contributed by atoms with van der Waals surface area (Å²) in [4.78, 5) is 0. The van der Waals surface area contributed by atoms with Gasteiger partial charge < -0.3 is 5.32 Å². The van der Waals surface area contributed by atoms with Crippen LogP contribution in [-0.4, -0.2) is 15.8 Å². The van der Waals surface area contributed by atoms with E-state index in [1.54, 1.807) is 10.9 Å². The highest BCUT2D eigenvalue weighted by molar-refractivity contribution is 9.10. The Hall–Kier alpha value is -0.910. The zero-order valence-corrected chi connectivity index (χ0v) is 13.0. The first-order valence-corrected chi connectivity index (χ1v) is 7.07. The molecule has 6 heteroatoms. The normalized spacial score (nSPS) is 11.3. The lowest BCUT2D eigenvalue weighted by Gasteiger charge is -2.08. The predicted molar refractivity (Wildman–Crippen MR) is 78.2 cm³/mol. The molecule has 1 heterocycles. The first-order valence-electron chi connectivity index (χ1n) is 5.90. The fourth-order valence-corrected chi connectivity index (χ4v) is 2.66. The maximum atomic E-state index is 13.2. The standard InChI is InChI=1S/C13H14BrClFN3/c1-8(2)17-7-10-3-4-19(18-10)13-11(14)5-9(16)6-12(13)15/h3-6,8,17H,7H2,1-2H3. The lowest BCUT2D eigenvalue weighted by Crippen LogP contribution is -2.22. The molecular formula is C13H14BrClFN3. The van der Waals surface area contributed by atoms with E-state index in [4.69, 9.17) is 11.6 Å². The van der Waals surface area contributed by atoms with Crippen LogP contribution in [0.25, 0.3) is 5.69 Å². The summed E-state index contributed by atoms with van der Waals surface area (Å²) >= 11 is 9.36. The molecule has 1 N–H and O–H groups in total. The molecule has 2 aromatic rings. The lowest BCUT2D eigenvalue weighted by molar-refractivity contribution is 0.578. The van der Waals surface area contributed by atoms with Crippen LogP contribution in [0.5, 0.6) is 0 Å². The van der Waals surface area contributed by atoms with Crippen LogP contribution in [0, 0.1) is 5.82 Å². The molecule has 2 rings (SSSR count). The summed E-state index contributed by atoms with van der Waals surface area (Å²) < 4.78 is 15.4. The number of benzene rings is 1. The molecule has 1 aromatic carbocycles. The first-order chi connectivity index (χ1) is 8.97. The molecule has 0 amide bonds. The molecule has 0 saturated carbocycles. The minimum absolute atomic E-state index is 0.318. The van der Waals surface area contributed by atoms with Gasteiger partial charge in [-0.2, -0.15) is 5.10 Å². The number of hydrogen-bond donors (Lipinski definition) is 1. The molecule has 3 nitrogen and oxygen atoms in total. The second kappa shape index (κ2) is 6.03. The molecule has 0 atom stereocenters. The second-order valence-electron chi connectivity index (χ2n) is 4.51. The van der Waals surface area contributed by atoms with Crippen LogP contribution in [0.15, 0.2) is 28.9 Å². The van der Waals surface area contributed by atoms with E-state index < -0.39 is 0 Å². The molecule has 0 saturated heterocycles. The van der Waals surface area contributed by atoms with Crippen LogP contribution in [0.2, 0.25) is 5.02 Å². The van der Waals surface area contributed by atoms with E-state index in [0.29, 0.717) is 27.8 Å². The van der Waals surface area contributed by atoms with Crippen molar-refractivity contribution in [1.29, 1.82) is 0 Å². The van der Waals surface area contributed by atoms with Crippen LogP contribution in [0.4, 0.5) is 4.39 Å². The van der Waals surface area contributed by atoms with Gasteiger partial charge in [0.1, 0.15) is 5.82 Å². The van der Waals surface area contributed by atoms with Gasteiger partial charge in [0.15, 0.2) is 0 Å². The van der Waals surface area contributed by atoms with Gasteiger partial charge in [0, 0.05) is 23.3 Å². The third-order valence-corrected chi connectivity index (χ3v) is 3.44. The van der Waals surface area contributed by atoms with Gasteiger partial charge in [-0.15, -0.1) is 0 Å². The van der Waals surface area contributed by atoms with Gasteiger partial charge in [-0.3, -0.25) is 0 Å². The van der Waals surface area contributed by atoms with Crippen molar-refractivity contribution in [3.05, 3.63) is 45.4 Å². The average molecular weight is 347 g/mol. The maximum absolute atomic E-state index is 13.2. The summed E-state index contributed by atoms with van der Waals surface area (Å²) in [7, 11) is 0. The molecule has 0 fully saturated rings. The first kappa shape index (κ1) is 14.5. The smallest absolute Gasteiger partial charge is 0.125 e. The second-order valence-corrected chi connectivity index (χ2v) is 5.77. The van der Waals surface area contributed by atoms with Crippen molar-refractivity contribution in [2.45, 2.75) is 26.4 Å². The molecule has 0 bridgehead atoms. The van der Waals surface area contributed by atoms with Gasteiger partial charge in [0.25, 0.3) is 0 Å². The number of nitrogens with one attached hydrogen (secondary N) is 1. The Morgan fingerprint density at radius 3 is 2.84 bits per heavy atom. The summed E-state index contributed by atoms with van der Waals surface area (Å²) in [6.45, 7) is 4.83. The number of rotatable bonds is 4. The Bertz CT molecular complexity index is 560. The van der Waals surface area contributed by atoms with Gasteiger partial charge >= 0.3 is 0 Å². The molecule has 102 valence electrons. The van der Waals surface area contributed by atoms with Crippen molar-refractivity contribution >= 4 is 27.5 Å². The Labute approximate surface area is 124 Å². The van der Waals surface area contributed by atoms with E-state index in [1.807, 2.05) is 6.07 Å². The number of halogens is 3. The Morgan fingerprint density at radius 2 is 2.21 bits per heavy atom. The fourth-order valence-electron chi connectivity index (χ4n) is 1.64. The van der Waals surface area contributed by atoms with Crippen molar-refractivity contribution in [1.82, 2.24) is 15.1 Å². The maximum Gasteiger partial charge on any atom is 0.125 e. The van der Waals surface area contributed by atoms with Crippen LogP contribution in [0.3, 0.4) is 0 Å². The topological polar surface area (TPSA) is 29.9 Å². The molecule has 0 unspecified atom stereocenters. The molecule has 0 aliphatic heterocycles. The van der Waals surface area contributed by atoms with Crippen molar-refractivity contribution in [2.24, 2.45) is 0 Å². The molecule has 0 aliphatic carbocycles. The van der Waals surface area contributed by atoms with E-state index in [9.17, 15) is 4.39 Å². The molecule has 19 heavy (non-hydrogen) atoms. The summed E-state index contributed by atoms with van der Waals surface area (Å²) in [5, 5.41) is 8.02. The molecule has 0 spiro atoms. The molecular weight excluding hydrogens is 333 g/mol. The Balaban J connectivity index is 2.28. The Kier molecular flexibility index (Phi) is 4.60. The van der Waals surface area contributed by atoms with Crippen LogP contribution >= 0.6 is 27.5 Å². The van der Waals surface area contributed by atoms with E-state index in [2.05, 4.69) is 40.2 Å². The third-order valence-electron chi connectivity index (χ3n) is 2.55. The summed E-state index contributed by atoms with van der Waals surface area (Å²) in [6.07, 6.45) is 1.81. The van der Waals surface area contributed by atoms with Gasteiger partial charge in [-0.1, -0.05) is 25.4 Å². The van der Waals surface area contributed by atoms with Gasteiger partial charge in [0.05, 0.1) is 16.4 Å². The highest BCUT2D eigenvalue weighted by Crippen LogP contribution is 2.29. The quantitative estimate of drug-likeness (QED) is 0.909. The van der Waals surface area contributed by atoms with Crippen molar-refractivity contribution in [2.75, 3.05) is 0 Å². The predicted octanol–water partition coefficient (Wildman–Crippen LogP) is 3.93. The van der Waals surface area contributed by atoms with E-state index in [1.165, 1.54) is 12.1 Å². The number of aromatic nitrogens is 2. The van der Waals surface area contributed by atoms with Crippen molar-refractivity contribution < 1.29 is 4.39 Å². The van der Waals surface area contributed by atoms with Gasteiger partial charge in [0.2, 0.25) is 0 Å². The average Bonchev–Trinajstić information content (AvgIpc) is 2.73. The van der Waals surface area contributed by atoms with Crippen molar-refractivity contribution in [3.63, 3.8) is 0 Å². The zero-order chi connectivity index (χ0) is 14.0. The van der Waals surface area contributed by atoms with Crippen LogP contribution in [0.1, 0.15) is 19.5 Å². The molecule has 0 aliphatic rings. The SMILES string of the molecule is CC(C)NCc1ccn(-c2c(Cl)cc(F)cc2Br)n1. The molecule has 1 aromatic heterocycles. The highest BCUT2D eigenvalue weighted by Gasteiger charge is 2.11. The minimum Gasteiger partial charge on any atom is -0.309 e. The summed E-state index contributed by atoms with van der Waals surface area (Å²) in [5.41, 5.74) is 1.54. The number of hydrogen-bond acceptors (Lipinski definition) is 2. The van der Waals surface area contributed by atoms with E-state index >= 15 is 0 Å². The lowest BCUT2D eigenvalue weighted by atomic mass is 10.3. The van der Waals surface area contributed by atoms with Crippen LogP contribution in [-0.2, 0) is 6.54 Å². The van der Waals surface area contributed by atoms with Gasteiger partial charge in [-0.25, -0.2) is 9.07 Å².